The highest BCUT2D eigenvalue weighted by atomic mass is 16.1. The van der Waals surface area contributed by atoms with Gasteiger partial charge in [-0.15, -0.1) is 0 Å². The third-order valence-electron chi connectivity index (χ3n) is 5.58. The summed E-state index contributed by atoms with van der Waals surface area (Å²) in [5.74, 6) is 0.490. The Morgan fingerprint density at radius 1 is 1.15 bits per heavy atom. The minimum Gasteiger partial charge on any atom is -0.315 e. The van der Waals surface area contributed by atoms with Gasteiger partial charge in [0, 0.05) is 32.4 Å². The lowest BCUT2D eigenvalue weighted by atomic mass is 9.96. The molecular weight excluding hydrogens is 330 g/mol. The molecule has 7 nitrogen and oxygen atoms in total. The summed E-state index contributed by atoms with van der Waals surface area (Å²) in [5.41, 5.74) is 3.14. The molecule has 0 N–H and O–H groups in total. The molecule has 0 radical (unpaired) electrons. The number of aromatic nitrogens is 4. The van der Waals surface area contributed by atoms with Gasteiger partial charge in [-0.2, -0.15) is 5.10 Å². The number of piperidine rings is 1. The van der Waals surface area contributed by atoms with Crippen LogP contribution < -0.4 is 11.1 Å². The van der Waals surface area contributed by atoms with Crippen LogP contribution in [0.4, 0.5) is 0 Å². The third-order valence-corrected chi connectivity index (χ3v) is 5.58. The monoisotopic (exact) mass is 355 g/mol. The quantitative estimate of drug-likeness (QED) is 0.809. The van der Waals surface area contributed by atoms with Crippen molar-refractivity contribution in [3.63, 3.8) is 0 Å². The van der Waals surface area contributed by atoms with Gasteiger partial charge >= 0.3 is 0 Å². The first-order valence-corrected chi connectivity index (χ1v) is 9.42. The standard InChI is InChI=1S/C19H25N5O2/c1-22-12-16(20-10-19(22)26)13-23-7-5-14(6-8-23)11-24-18(25)9-15-3-2-4-17(15)21-24/h9-10,12,14H,2-8,11,13H2,1H3. The fourth-order valence-corrected chi connectivity index (χ4v) is 4.00. The fourth-order valence-electron chi connectivity index (χ4n) is 4.00. The number of likely N-dealkylation sites (tertiary alicyclic amines) is 1. The zero-order valence-electron chi connectivity index (χ0n) is 15.2. The first kappa shape index (κ1) is 17.1. The third kappa shape index (κ3) is 3.62. The van der Waals surface area contributed by atoms with Crippen LogP contribution in [0.2, 0.25) is 0 Å². The molecule has 0 aromatic carbocycles. The summed E-state index contributed by atoms with van der Waals surface area (Å²) in [5, 5.41) is 4.60. The molecule has 3 heterocycles. The molecule has 1 aliphatic carbocycles. The predicted octanol–water partition coefficient (Wildman–Crippen LogP) is 0.738. The summed E-state index contributed by atoms with van der Waals surface area (Å²) in [6, 6.07) is 1.79. The Morgan fingerprint density at radius 3 is 2.73 bits per heavy atom. The van der Waals surface area contributed by atoms with E-state index < -0.39 is 0 Å². The van der Waals surface area contributed by atoms with Crippen LogP contribution in [0.25, 0.3) is 0 Å². The predicted molar refractivity (Wildman–Crippen MR) is 98.0 cm³/mol. The highest BCUT2D eigenvalue weighted by molar-refractivity contribution is 5.22. The number of rotatable bonds is 4. The highest BCUT2D eigenvalue weighted by Gasteiger charge is 2.22. The van der Waals surface area contributed by atoms with Crippen LogP contribution >= 0.6 is 0 Å². The van der Waals surface area contributed by atoms with E-state index in [4.69, 9.17) is 0 Å². The highest BCUT2D eigenvalue weighted by Crippen LogP contribution is 2.21. The molecule has 0 atom stereocenters. The first-order valence-electron chi connectivity index (χ1n) is 9.42. The molecule has 7 heteroatoms. The van der Waals surface area contributed by atoms with Crippen molar-refractivity contribution in [1.82, 2.24) is 24.2 Å². The van der Waals surface area contributed by atoms with E-state index in [1.807, 2.05) is 6.20 Å². The molecule has 2 aromatic rings. The number of aryl methyl sites for hydroxylation is 3. The molecule has 1 saturated heterocycles. The van der Waals surface area contributed by atoms with Crippen LogP contribution in [0.1, 0.15) is 36.2 Å². The molecule has 1 fully saturated rings. The largest absolute Gasteiger partial charge is 0.315 e. The first-order chi connectivity index (χ1) is 12.6. The zero-order valence-corrected chi connectivity index (χ0v) is 15.2. The van der Waals surface area contributed by atoms with Crippen LogP contribution in [0.3, 0.4) is 0 Å². The molecule has 26 heavy (non-hydrogen) atoms. The van der Waals surface area contributed by atoms with Crippen molar-refractivity contribution in [1.29, 1.82) is 0 Å². The SMILES string of the molecule is Cn1cc(CN2CCC(Cn3nc4c(cc3=O)CCC4)CC2)ncc1=O. The smallest absolute Gasteiger partial charge is 0.268 e. The minimum absolute atomic E-state index is 0.0440. The average molecular weight is 355 g/mol. The molecule has 4 rings (SSSR count). The van der Waals surface area contributed by atoms with Crippen molar-refractivity contribution < 1.29 is 0 Å². The fraction of sp³-hybridized carbons (Fsp3) is 0.579. The molecular formula is C19H25N5O2. The van der Waals surface area contributed by atoms with Crippen LogP contribution in [-0.2, 0) is 33.0 Å². The Labute approximate surface area is 152 Å². The van der Waals surface area contributed by atoms with E-state index in [9.17, 15) is 9.59 Å². The van der Waals surface area contributed by atoms with Gasteiger partial charge in [0.1, 0.15) is 0 Å². The van der Waals surface area contributed by atoms with Gasteiger partial charge in [-0.3, -0.25) is 19.5 Å². The lowest BCUT2D eigenvalue weighted by molar-refractivity contribution is 0.161. The Balaban J connectivity index is 1.34. The minimum atomic E-state index is -0.0836. The van der Waals surface area contributed by atoms with Gasteiger partial charge < -0.3 is 4.57 Å². The average Bonchev–Trinajstić information content (AvgIpc) is 3.07. The molecule has 2 aromatic heterocycles. The second kappa shape index (κ2) is 7.15. The number of nitrogens with zero attached hydrogens (tertiary/aromatic N) is 5. The summed E-state index contributed by atoms with van der Waals surface area (Å²) in [4.78, 5) is 30.3. The van der Waals surface area contributed by atoms with E-state index in [-0.39, 0.29) is 11.1 Å². The molecule has 1 aliphatic heterocycles. The van der Waals surface area contributed by atoms with Crippen molar-refractivity contribution in [2.45, 2.75) is 45.2 Å². The van der Waals surface area contributed by atoms with Crippen LogP contribution in [0.5, 0.6) is 0 Å². The molecule has 138 valence electrons. The molecule has 0 unspecified atom stereocenters. The van der Waals surface area contributed by atoms with E-state index in [0.717, 1.165) is 75.2 Å². The second-order valence-electron chi connectivity index (χ2n) is 7.54. The second-order valence-corrected chi connectivity index (χ2v) is 7.54. The zero-order chi connectivity index (χ0) is 18.1. The van der Waals surface area contributed by atoms with Gasteiger partial charge in [0.05, 0.1) is 17.6 Å². The molecule has 2 aliphatic rings. The van der Waals surface area contributed by atoms with E-state index in [1.54, 1.807) is 22.4 Å². The topological polar surface area (TPSA) is 73.0 Å². The maximum absolute atomic E-state index is 12.3. The Morgan fingerprint density at radius 2 is 1.96 bits per heavy atom. The van der Waals surface area contributed by atoms with Crippen LogP contribution in [0, 0.1) is 5.92 Å². The van der Waals surface area contributed by atoms with Gasteiger partial charge in [-0.05, 0) is 56.7 Å². The number of hydrogen-bond acceptors (Lipinski definition) is 5. The maximum atomic E-state index is 12.3. The van der Waals surface area contributed by atoms with E-state index in [2.05, 4.69) is 15.0 Å². The van der Waals surface area contributed by atoms with Crippen molar-refractivity contribution in [3.05, 3.63) is 56.1 Å². The van der Waals surface area contributed by atoms with Crippen LogP contribution in [0.15, 0.2) is 28.0 Å². The number of hydrogen-bond donors (Lipinski definition) is 0. The summed E-state index contributed by atoms with van der Waals surface area (Å²) >= 11 is 0. The lowest BCUT2D eigenvalue weighted by Crippen LogP contribution is -2.37. The van der Waals surface area contributed by atoms with Crippen molar-refractivity contribution in [2.24, 2.45) is 13.0 Å². The van der Waals surface area contributed by atoms with Gasteiger partial charge in [0.25, 0.3) is 11.1 Å². The molecule has 0 spiro atoms. The summed E-state index contributed by atoms with van der Waals surface area (Å²) in [7, 11) is 1.75. The molecule has 0 saturated carbocycles. The maximum Gasteiger partial charge on any atom is 0.268 e. The van der Waals surface area contributed by atoms with Gasteiger partial charge in [-0.25, -0.2) is 4.68 Å². The van der Waals surface area contributed by atoms with Crippen molar-refractivity contribution in [2.75, 3.05) is 13.1 Å². The lowest BCUT2D eigenvalue weighted by Gasteiger charge is -2.31. The Bertz CT molecular complexity index is 909. The molecule has 0 amide bonds. The van der Waals surface area contributed by atoms with Gasteiger partial charge in [0.15, 0.2) is 0 Å². The Kier molecular flexibility index (Phi) is 4.72. The summed E-state index contributed by atoms with van der Waals surface area (Å²) in [6.07, 6.45) is 8.41. The van der Waals surface area contributed by atoms with Crippen LogP contribution in [-0.4, -0.2) is 37.3 Å². The summed E-state index contributed by atoms with van der Waals surface area (Å²) in [6.45, 7) is 3.44. The van der Waals surface area contributed by atoms with Gasteiger partial charge in [0.2, 0.25) is 0 Å². The van der Waals surface area contributed by atoms with E-state index in [0.29, 0.717) is 5.92 Å². The summed E-state index contributed by atoms with van der Waals surface area (Å²) < 4.78 is 3.25. The normalized spacial score (nSPS) is 18.2. The Hall–Kier alpha value is -2.28. The van der Waals surface area contributed by atoms with Gasteiger partial charge in [-0.1, -0.05) is 0 Å². The van der Waals surface area contributed by atoms with E-state index >= 15 is 0 Å². The van der Waals surface area contributed by atoms with E-state index in [1.165, 1.54) is 6.20 Å². The van der Waals surface area contributed by atoms with Crippen molar-refractivity contribution >= 4 is 0 Å². The molecule has 0 bridgehead atoms. The number of fused-ring (bicyclic) bond motifs is 1. The van der Waals surface area contributed by atoms with Crippen molar-refractivity contribution in [3.8, 4) is 0 Å².